The summed E-state index contributed by atoms with van der Waals surface area (Å²) in [5, 5.41) is 31.1. The molecule has 0 atom stereocenters. The van der Waals surface area contributed by atoms with Crippen LogP contribution in [0.2, 0.25) is 0 Å². The summed E-state index contributed by atoms with van der Waals surface area (Å²) < 4.78 is 18.4. The Balaban J connectivity index is 1.55. The second kappa shape index (κ2) is 11.4. The van der Waals surface area contributed by atoms with Gasteiger partial charge in [0.15, 0.2) is 0 Å². The Morgan fingerprint density at radius 3 is 2.43 bits per heavy atom. The number of phenolic OH excluding ortho intramolecular Hbond substituents is 1. The summed E-state index contributed by atoms with van der Waals surface area (Å²) in [6.45, 7) is 0.316. The summed E-state index contributed by atoms with van der Waals surface area (Å²) in [6, 6.07) is 16.6. The van der Waals surface area contributed by atoms with Crippen molar-refractivity contribution in [2.24, 2.45) is 5.10 Å². The minimum Gasteiger partial charge on any atom is -0.507 e. The van der Waals surface area contributed by atoms with E-state index in [2.05, 4.69) is 36.1 Å². The summed E-state index contributed by atoms with van der Waals surface area (Å²) in [5.41, 5.74) is 4.06. The van der Waals surface area contributed by atoms with Gasteiger partial charge in [-0.15, -0.1) is 0 Å². The second-order valence-corrected chi connectivity index (χ2v) is 7.51. The molecule has 188 valence electrons. The van der Waals surface area contributed by atoms with Crippen molar-refractivity contribution in [3.63, 3.8) is 0 Å². The van der Waals surface area contributed by atoms with Gasteiger partial charge in [0, 0.05) is 29.9 Å². The van der Waals surface area contributed by atoms with Crippen LogP contribution in [-0.2, 0) is 6.54 Å². The minimum absolute atomic E-state index is 0.0498. The number of methoxy groups -OCH3 is 1. The maximum atomic E-state index is 13.2. The predicted molar refractivity (Wildman–Crippen MR) is 136 cm³/mol. The molecule has 12 nitrogen and oxygen atoms in total. The smallest absolute Gasteiger partial charge is 0.270 e. The molecule has 37 heavy (non-hydrogen) atoms. The Labute approximate surface area is 210 Å². The first-order chi connectivity index (χ1) is 17.9. The van der Waals surface area contributed by atoms with Crippen molar-refractivity contribution in [3.05, 3.63) is 93.8 Å². The molecule has 4 aromatic rings. The van der Waals surface area contributed by atoms with Crippen molar-refractivity contribution in [2.45, 2.75) is 6.54 Å². The normalized spacial score (nSPS) is 10.8. The Kier molecular flexibility index (Phi) is 7.63. The number of anilines is 4. The first-order valence-corrected chi connectivity index (χ1v) is 10.8. The van der Waals surface area contributed by atoms with Crippen molar-refractivity contribution < 1.29 is 19.2 Å². The fraction of sp³-hybridized carbons (Fsp3) is 0.0833. The molecule has 0 saturated heterocycles. The van der Waals surface area contributed by atoms with Crippen LogP contribution in [0.15, 0.2) is 71.8 Å². The number of aromatic nitrogens is 3. The maximum absolute atomic E-state index is 13.2. The molecular formula is C24H21FN8O4. The Bertz CT molecular complexity index is 1420. The van der Waals surface area contributed by atoms with Crippen LogP contribution in [0.25, 0.3) is 0 Å². The van der Waals surface area contributed by atoms with Crippen LogP contribution in [0.3, 0.4) is 0 Å². The van der Waals surface area contributed by atoms with Crippen molar-refractivity contribution >= 4 is 35.4 Å². The molecule has 0 amide bonds. The molecule has 0 aliphatic carbocycles. The van der Waals surface area contributed by atoms with E-state index in [1.165, 1.54) is 36.5 Å². The van der Waals surface area contributed by atoms with Gasteiger partial charge < -0.3 is 20.5 Å². The van der Waals surface area contributed by atoms with Gasteiger partial charge >= 0.3 is 0 Å². The van der Waals surface area contributed by atoms with Gasteiger partial charge in [-0.05, 0) is 48.0 Å². The van der Waals surface area contributed by atoms with Crippen LogP contribution in [0.4, 0.5) is 33.6 Å². The monoisotopic (exact) mass is 504 g/mol. The molecule has 4 rings (SSSR count). The van der Waals surface area contributed by atoms with E-state index in [1.807, 2.05) is 0 Å². The number of nitro groups is 1. The Hall–Kier alpha value is -5.33. The Morgan fingerprint density at radius 1 is 1.03 bits per heavy atom. The third-order valence-corrected chi connectivity index (χ3v) is 4.94. The van der Waals surface area contributed by atoms with E-state index in [1.54, 1.807) is 43.5 Å². The number of nitrogens with zero attached hydrogens (tertiary/aromatic N) is 5. The largest absolute Gasteiger partial charge is 0.507 e. The second-order valence-electron chi connectivity index (χ2n) is 7.51. The van der Waals surface area contributed by atoms with Gasteiger partial charge in [0.2, 0.25) is 17.8 Å². The van der Waals surface area contributed by atoms with Gasteiger partial charge in [0.1, 0.15) is 17.3 Å². The van der Waals surface area contributed by atoms with E-state index in [0.29, 0.717) is 18.0 Å². The summed E-state index contributed by atoms with van der Waals surface area (Å²) in [7, 11) is 1.57. The fourth-order valence-corrected chi connectivity index (χ4v) is 3.07. The zero-order valence-electron chi connectivity index (χ0n) is 19.4. The molecule has 3 aromatic carbocycles. The number of nitro benzene ring substituents is 1. The predicted octanol–water partition coefficient (Wildman–Crippen LogP) is 4.43. The third kappa shape index (κ3) is 6.85. The molecule has 0 saturated carbocycles. The highest BCUT2D eigenvalue weighted by Crippen LogP contribution is 2.22. The van der Waals surface area contributed by atoms with Crippen LogP contribution in [0.1, 0.15) is 11.1 Å². The number of hydrazone groups is 1. The molecule has 13 heteroatoms. The number of ether oxygens (including phenoxy) is 1. The van der Waals surface area contributed by atoms with Crippen LogP contribution >= 0.6 is 0 Å². The number of phenols is 1. The molecule has 1 aromatic heterocycles. The molecule has 0 radical (unpaired) electrons. The van der Waals surface area contributed by atoms with Gasteiger partial charge in [-0.3, -0.25) is 10.1 Å². The Morgan fingerprint density at radius 2 is 1.73 bits per heavy atom. The summed E-state index contributed by atoms with van der Waals surface area (Å²) >= 11 is 0. The zero-order chi connectivity index (χ0) is 26.2. The fourth-order valence-electron chi connectivity index (χ4n) is 3.07. The minimum atomic E-state index is -0.577. The van der Waals surface area contributed by atoms with E-state index >= 15 is 0 Å². The lowest BCUT2D eigenvalue weighted by Gasteiger charge is -2.10. The van der Waals surface area contributed by atoms with Crippen molar-refractivity contribution in [2.75, 3.05) is 23.2 Å². The number of rotatable bonds is 10. The number of benzene rings is 3. The SMILES string of the molecule is COc1ccc(Nc2nc(NCc3ccc(F)cc3)nc(N/N=C/c3cc([N+](=O)[O-])ccc3O)n2)cc1. The lowest BCUT2D eigenvalue weighted by molar-refractivity contribution is -0.384. The first kappa shape index (κ1) is 24.8. The van der Waals surface area contributed by atoms with Gasteiger partial charge in [0.05, 0.1) is 18.2 Å². The molecule has 0 aliphatic rings. The highest BCUT2D eigenvalue weighted by molar-refractivity contribution is 5.84. The quantitative estimate of drug-likeness (QED) is 0.138. The van der Waals surface area contributed by atoms with Crippen molar-refractivity contribution in [1.29, 1.82) is 0 Å². The maximum Gasteiger partial charge on any atom is 0.270 e. The number of non-ortho nitro benzene ring substituents is 1. The number of nitrogens with one attached hydrogen (secondary N) is 3. The molecule has 1 heterocycles. The summed E-state index contributed by atoms with van der Waals surface area (Å²) in [5.74, 6) is 0.603. The molecular weight excluding hydrogens is 483 g/mol. The van der Waals surface area contributed by atoms with Gasteiger partial charge in [-0.25, -0.2) is 9.82 Å². The van der Waals surface area contributed by atoms with Gasteiger partial charge in [0.25, 0.3) is 5.69 Å². The number of halogens is 1. The lowest BCUT2D eigenvalue weighted by Crippen LogP contribution is -2.09. The molecule has 0 aliphatic heterocycles. The lowest BCUT2D eigenvalue weighted by atomic mass is 10.2. The van der Waals surface area contributed by atoms with Crippen LogP contribution in [-0.4, -0.2) is 38.3 Å². The average molecular weight is 504 g/mol. The van der Waals surface area contributed by atoms with E-state index in [9.17, 15) is 19.6 Å². The molecule has 0 unspecified atom stereocenters. The molecule has 0 bridgehead atoms. The highest BCUT2D eigenvalue weighted by atomic mass is 19.1. The standard InChI is InChI=1S/C24H21FN8O4/c1-37-20-9-6-18(7-10-20)28-23-29-22(26-13-15-2-4-17(25)5-3-15)30-24(31-23)32-27-14-16-12-19(33(35)36)8-11-21(16)34/h2-12,14,34H,13H2,1H3,(H3,26,28,29,30,31,32)/b27-14+. The van der Waals surface area contributed by atoms with E-state index in [-0.39, 0.29) is 40.7 Å². The van der Waals surface area contributed by atoms with Crippen molar-refractivity contribution in [1.82, 2.24) is 15.0 Å². The zero-order valence-corrected chi connectivity index (χ0v) is 19.4. The van der Waals surface area contributed by atoms with Crippen LogP contribution < -0.4 is 20.8 Å². The van der Waals surface area contributed by atoms with Gasteiger partial charge in [-0.1, -0.05) is 12.1 Å². The molecule has 0 spiro atoms. The van der Waals surface area contributed by atoms with E-state index < -0.39 is 4.92 Å². The van der Waals surface area contributed by atoms with Gasteiger partial charge in [-0.2, -0.15) is 20.1 Å². The summed E-state index contributed by atoms with van der Waals surface area (Å²) in [6.07, 6.45) is 1.20. The molecule has 4 N–H and O–H groups in total. The van der Waals surface area contributed by atoms with Crippen molar-refractivity contribution in [3.8, 4) is 11.5 Å². The first-order valence-electron chi connectivity index (χ1n) is 10.8. The number of aromatic hydroxyl groups is 1. The van der Waals surface area contributed by atoms with Crippen LogP contribution in [0.5, 0.6) is 11.5 Å². The van der Waals surface area contributed by atoms with Crippen LogP contribution in [0, 0.1) is 15.9 Å². The summed E-state index contributed by atoms with van der Waals surface area (Å²) in [4.78, 5) is 23.3. The third-order valence-electron chi connectivity index (χ3n) is 4.94. The number of hydrogen-bond donors (Lipinski definition) is 4. The van der Waals surface area contributed by atoms with E-state index in [4.69, 9.17) is 4.74 Å². The van der Waals surface area contributed by atoms with E-state index in [0.717, 1.165) is 5.56 Å². The number of hydrogen-bond acceptors (Lipinski definition) is 11. The topological polar surface area (TPSA) is 160 Å². The average Bonchev–Trinajstić information content (AvgIpc) is 2.90. The molecule has 0 fully saturated rings. The highest BCUT2D eigenvalue weighted by Gasteiger charge is 2.10.